The highest BCUT2D eigenvalue weighted by molar-refractivity contribution is 7.11. The van der Waals surface area contributed by atoms with Gasteiger partial charge in [0.05, 0.1) is 11.0 Å². The van der Waals surface area contributed by atoms with Crippen LogP contribution in [-0.4, -0.2) is 16.7 Å². The Morgan fingerprint density at radius 3 is 2.87 bits per heavy atom. The maximum atomic E-state index is 9.43. The van der Waals surface area contributed by atoms with Crippen molar-refractivity contribution in [2.24, 2.45) is 5.92 Å². The van der Waals surface area contributed by atoms with Crippen molar-refractivity contribution >= 4 is 11.3 Å². The Labute approximate surface area is 94.1 Å². The Morgan fingerprint density at radius 2 is 2.40 bits per heavy atom. The van der Waals surface area contributed by atoms with Crippen LogP contribution in [0.25, 0.3) is 0 Å². The third-order valence-corrected chi connectivity index (χ3v) is 3.82. The monoisotopic (exact) mass is 227 g/mol. The Bertz CT molecular complexity index is 320. The molecule has 2 atom stereocenters. The molecule has 4 heteroatoms. The number of hydrogen-bond donors (Lipinski definition) is 1. The molecule has 1 aromatic heterocycles. The summed E-state index contributed by atoms with van der Waals surface area (Å²) >= 11 is 1.57. The first-order valence-corrected chi connectivity index (χ1v) is 6.29. The summed E-state index contributed by atoms with van der Waals surface area (Å²) in [5.74, 6) is 0.651. The molecule has 1 aliphatic carbocycles. The summed E-state index contributed by atoms with van der Waals surface area (Å²) < 4.78 is 5.71. The van der Waals surface area contributed by atoms with Crippen molar-refractivity contribution in [3.8, 4) is 0 Å². The van der Waals surface area contributed by atoms with Gasteiger partial charge in [-0.25, -0.2) is 4.98 Å². The van der Waals surface area contributed by atoms with E-state index in [1.165, 1.54) is 12.8 Å². The third-order valence-electron chi connectivity index (χ3n) is 2.59. The molecule has 0 aromatic carbocycles. The Kier molecular flexibility index (Phi) is 3.38. The highest BCUT2D eigenvalue weighted by Crippen LogP contribution is 2.44. The van der Waals surface area contributed by atoms with Crippen LogP contribution in [0.2, 0.25) is 0 Å². The molecule has 3 nitrogen and oxygen atoms in total. The van der Waals surface area contributed by atoms with E-state index in [-0.39, 0.29) is 6.10 Å². The molecule has 0 radical (unpaired) electrons. The Hall–Kier alpha value is -0.450. The lowest BCUT2D eigenvalue weighted by Gasteiger charge is -2.12. The van der Waals surface area contributed by atoms with Crippen molar-refractivity contribution in [3.63, 3.8) is 0 Å². The summed E-state index contributed by atoms with van der Waals surface area (Å²) in [6.07, 6.45) is 3.99. The number of rotatable bonds is 5. The van der Waals surface area contributed by atoms with Gasteiger partial charge in [-0.1, -0.05) is 0 Å². The van der Waals surface area contributed by atoms with Gasteiger partial charge in [0.15, 0.2) is 0 Å². The molecule has 0 amide bonds. The summed E-state index contributed by atoms with van der Waals surface area (Å²) in [4.78, 5) is 5.28. The van der Waals surface area contributed by atoms with Crippen molar-refractivity contribution in [3.05, 3.63) is 16.1 Å². The molecule has 2 rings (SSSR count). The van der Waals surface area contributed by atoms with Gasteiger partial charge in [-0.2, -0.15) is 0 Å². The minimum absolute atomic E-state index is 0.160. The highest BCUT2D eigenvalue weighted by atomic mass is 32.1. The topological polar surface area (TPSA) is 42.4 Å². The van der Waals surface area contributed by atoms with Crippen molar-refractivity contribution in [2.75, 3.05) is 6.61 Å². The van der Waals surface area contributed by atoms with Crippen molar-refractivity contribution in [1.29, 1.82) is 0 Å². The average molecular weight is 227 g/mol. The van der Waals surface area contributed by atoms with Crippen LogP contribution < -0.4 is 0 Å². The normalized spacial score (nSPS) is 20.2. The lowest BCUT2D eigenvalue weighted by molar-refractivity contribution is 0.0462. The zero-order valence-corrected chi connectivity index (χ0v) is 9.96. The van der Waals surface area contributed by atoms with Crippen molar-refractivity contribution in [1.82, 2.24) is 4.98 Å². The molecule has 1 aliphatic rings. The molecule has 1 saturated carbocycles. The second-order valence-corrected chi connectivity index (χ2v) is 5.08. The zero-order valence-electron chi connectivity index (χ0n) is 9.14. The summed E-state index contributed by atoms with van der Waals surface area (Å²) in [5.41, 5.74) is 0. The maximum Gasteiger partial charge on any atom is 0.122 e. The number of hydrogen-bond acceptors (Lipinski definition) is 4. The van der Waals surface area contributed by atoms with Gasteiger partial charge < -0.3 is 9.84 Å². The third kappa shape index (κ3) is 2.56. The van der Waals surface area contributed by atoms with Crippen LogP contribution >= 0.6 is 11.3 Å². The quantitative estimate of drug-likeness (QED) is 0.841. The maximum absolute atomic E-state index is 9.43. The summed E-state index contributed by atoms with van der Waals surface area (Å²) in [7, 11) is 0. The van der Waals surface area contributed by atoms with Gasteiger partial charge in [-0.05, 0) is 32.6 Å². The number of thiazole rings is 1. The van der Waals surface area contributed by atoms with Crippen LogP contribution in [0.3, 0.4) is 0 Å². The van der Waals surface area contributed by atoms with Crippen LogP contribution in [0.1, 0.15) is 48.8 Å². The van der Waals surface area contributed by atoms with Gasteiger partial charge in [-0.15, -0.1) is 11.3 Å². The molecule has 2 unspecified atom stereocenters. The predicted molar refractivity (Wildman–Crippen MR) is 59.8 cm³/mol. The molecule has 1 N–H and O–H groups in total. The van der Waals surface area contributed by atoms with Crippen LogP contribution in [0.5, 0.6) is 0 Å². The van der Waals surface area contributed by atoms with Crippen LogP contribution in [-0.2, 0) is 4.74 Å². The SMILES string of the molecule is CCOC(c1ncc(C(C)O)s1)C1CC1. The standard InChI is InChI=1S/C11H17NO2S/c1-3-14-10(8-4-5-8)11-12-6-9(15-11)7(2)13/h6-8,10,13H,3-5H2,1-2H3. The Morgan fingerprint density at radius 1 is 1.67 bits per heavy atom. The first-order valence-electron chi connectivity index (χ1n) is 5.47. The zero-order chi connectivity index (χ0) is 10.8. The molecular weight excluding hydrogens is 210 g/mol. The van der Waals surface area contributed by atoms with E-state index < -0.39 is 6.10 Å². The fraction of sp³-hybridized carbons (Fsp3) is 0.727. The molecule has 0 aliphatic heterocycles. The highest BCUT2D eigenvalue weighted by Gasteiger charge is 2.34. The van der Waals surface area contributed by atoms with Gasteiger partial charge in [0.2, 0.25) is 0 Å². The van der Waals surface area contributed by atoms with Crippen molar-refractivity contribution in [2.45, 2.75) is 38.9 Å². The van der Waals surface area contributed by atoms with Gasteiger partial charge in [0.25, 0.3) is 0 Å². The smallest absolute Gasteiger partial charge is 0.122 e. The van der Waals surface area contributed by atoms with Gasteiger partial charge in [-0.3, -0.25) is 0 Å². The fourth-order valence-electron chi connectivity index (χ4n) is 1.61. The molecule has 15 heavy (non-hydrogen) atoms. The van der Waals surface area contributed by atoms with E-state index in [1.54, 1.807) is 24.5 Å². The van der Waals surface area contributed by atoms with E-state index in [2.05, 4.69) is 4.98 Å². The predicted octanol–water partition coefficient (Wildman–Crippen LogP) is 2.68. The minimum Gasteiger partial charge on any atom is -0.388 e. The number of ether oxygens (including phenoxy) is 1. The van der Waals surface area contributed by atoms with Gasteiger partial charge in [0, 0.05) is 12.8 Å². The first-order chi connectivity index (χ1) is 7.22. The first kappa shape index (κ1) is 11.0. The largest absolute Gasteiger partial charge is 0.388 e. The van der Waals surface area contributed by atoms with Gasteiger partial charge in [0.1, 0.15) is 11.1 Å². The fourth-order valence-corrected chi connectivity index (χ4v) is 2.61. The molecule has 84 valence electrons. The lowest BCUT2D eigenvalue weighted by atomic mass is 10.2. The number of aliphatic hydroxyl groups is 1. The van der Waals surface area contributed by atoms with E-state index in [4.69, 9.17) is 4.74 Å². The van der Waals surface area contributed by atoms with Crippen LogP contribution in [0.15, 0.2) is 6.20 Å². The van der Waals surface area contributed by atoms with E-state index in [0.717, 1.165) is 16.5 Å². The minimum atomic E-state index is -0.419. The second-order valence-electron chi connectivity index (χ2n) is 3.99. The number of aromatic nitrogens is 1. The summed E-state index contributed by atoms with van der Waals surface area (Å²) in [6, 6.07) is 0. The van der Waals surface area contributed by atoms with Crippen molar-refractivity contribution < 1.29 is 9.84 Å². The second kappa shape index (κ2) is 4.60. The molecule has 0 spiro atoms. The van der Waals surface area contributed by atoms with E-state index in [1.807, 2.05) is 6.92 Å². The van der Waals surface area contributed by atoms with Gasteiger partial charge >= 0.3 is 0 Å². The molecular formula is C11H17NO2S. The van der Waals surface area contributed by atoms with E-state index >= 15 is 0 Å². The Balaban J connectivity index is 2.10. The molecule has 0 saturated heterocycles. The van der Waals surface area contributed by atoms with E-state index in [0.29, 0.717) is 5.92 Å². The molecule has 1 aromatic rings. The number of aliphatic hydroxyl groups excluding tert-OH is 1. The molecule has 1 fully saturated rings. The molecule has 0 bridgehead atoms. The lowest BCUT2D eigenvalue weighted by Crippen LogP contribution is -2.05. The average Bonchev–Trinajstić information content (AvgIpc) is 2.91. The van der Waals surface area contributed by atoms with Crippen LogP contribution in [0.4, 0.5) is 0 Å². The van der Waals surface area contributed by atoms with E-state index in [9.17, 15) is 5.11 Å². The summed E-state index contributed by atoms with van der Waals surface area (Å²) in [5, 5.41) is 10.5. The summed E-state index contributed by atoms with van der Waals surface area (Å²) in [6.45, 7) is 4.51. The molecule has 1 heterocycles. The van der Waals surface area contributed by atoms with Crippen LogP contribution in [0, 0.1) is 5.92 Å². The number of nitrogens with zero attached hydrogens (tertiary/aromatic N) is 1.